The molecule has 5 N–H and O–H groups in total. The molecule has 1 aliphatic heterocycles. The van der Waals surface area contributed by atoms with Crippen LogP contribution in [0.5, 0.6) is 23.0 Å². The Morgan fingerprint density at radius 3 is 2.29 bits per heavy atom. The average Bonchev–Trinajstić information content (AvgIpc) is 2.43. The molecule has 0 bridgehead atoms. The number of fused-ring (bicyclic) bond motifs is 1. The molecule has 6 heteroatoms. The number of aromatic hydroxyl groups is 3. The third-order valence-electron chi connectivity index (χ3n) is 3.36. The van der Waals surface area contributed by atoms with Gasteiger partial charge in [0, 0.05) is 12.1 Å². The van der Waals surface area contributed by atoms with E-state index in [0.29, 0.717) is 5.56 Å². The first kappa shape index (κ1) is 13.3. The van der Waals surface area contributed by atoms with E-state index in [1.54, 1.807) is 12.1 Å². The number of hydrogen-bond acceptors (Lipinski definition) is 5. The van der Waals surface area contributed by atoms with E-state index in [1.807, 2.05) is 0 Å². The van der Waals surface area contributed by atoms with Crippen molar-refractivity contribution in [1.29, 1.82) is 0 Å². The predicted molar refractivity (Wildman–Crippen MR) is 73.3 cm³/mol. The number of carbonyl (C=O) groups excluding carboxylic acids is 1. The minimum atomic E-state index is -1.38. The van der Waals surface area contributed by atoms with Crippen LogP contribution in [0.2, 0.25) is 0 Å². The number of benzene rings is 2. The number of hydrogen-bond donors (Lipinski definition) is 4. The lowest BCUT2D eigenvalue weighted by Gasteiger charge is -2.27. The molecule has 0 aliphatic carbocycles. The standard InChI is InChI=1S/C15H12O6/c16-8-3-1-7(2-4-8)15-14(20)13(19)12-10(18)5-9(17)6-11(12)21-15/h1-6,14-18,20H/p+1. The largest absolute Gasteiger partial charge is 0.508 e. The van der Waals surface area contributed by atoms with Gasteiger partial charge in [0.15, 0.2) is 11.7 Å². The Hall–Kier alpha value is -2.73. The Kier molecular flexibility index (Phi) is 2.95. The van der Waals surface area contributed by atoms with Crippen molar-refractivity contribution in [1.82, 2.24) is 0 Å². The molecule has 0 spiro atoms. The topological polar surface area (TPSA) is 112 Å². The zero-order valence-electron chi connectivity index (χ0n) is 10.8. The third-order valence-corrected chi connectivity index (χ3v) is 3.36. The van der Waals surface area contributed by atoms with E-state index < -0.39 is 18.0 Å². The van der Waals surface area contributed by atoms with Crippen LogP contribution in [-0.4, -0.2) is 37.1 Å². The van der Waals surface area contributed by atoms with Gasteiger partial charge in [0.1, 0.15) is 23.0 Å². The average molecular weight is 289 g/mol. The summed E-state index contributed by atoms with van der Waals surface area (Å²) in [5, 5.41) is 38.7. The van der Waals surface area contributed by atoms with Gasteiger partial charge < -0.3 is 25.2 Å². The van der Waals surface area contributed by atoms with Gasteiger partial charge in [-0.05, 0) is 17.7 Å². The van der Waals surface area contributed by atoms with E-state index in [1.165, 1.54) is 18.2 Å². The molecule has 0 saturated heterocycles. The number of phenolic OH excluding ortho intramolecular Hbond substituents is 3. The maximum atomic E-state index is 10.2. The predicted octanol–water partition coefficient (Wildman–Crippen LogP) is 1.19. The maximum absolute atomic E-state index is 10.2. The van der Waals surface area contributed by atoms with Gasteiger partial charge in [0.2, 0.25) is 6.10 Å². The first-order chi connectivity index (χ1) is 9.97. The fourth-order valence-electron chi connectivity index (χ4n) is 2.34. The zero-order chi connectivity index (χ0) is 15.1. The summed E-state index contributed by atoms with van der Waals surface area (Å²) in [4.78, 5) is 10.1. The van der Waals surface area contributed by atoms with Gasteiger partial charge in [-0.25, -0.2) is 0 Å². The second-order valence-electron chi connectivity index (χ2n) is 4.80. The van der Waals surface area contributed by atoms with Crippen LogP contribution in [0.3, 0.4) is 0 Å². The van der Waals surface area contributed by atoms with E-state index in [4.69, 9.17) is 4.74 Å². The molecule has 0 amide bonds. The Morgan fingerprint density at radius 1 is 0.952 bits per heavy atom. The zero-order valence-corrected chi connectivity index (χ0v) is 10.8. The number of aliphatic hydroxyl groups is 1. The van der Waals surface area contributed by atoms with Crippen molar-refractivity contribution in [2.45, 2.75) is 12.2 Å². The van der Waals surface area contributed by atoms with Crippen LogP contribution in [0.15, 0.2) is 36.4 Å². The molecule has 1 aliphatic rings. The lowest BCUT2D eigenvalue weighted by molar-refractivity contribution is 0.0660. The quantitative estimate of drug-likeness (QED) is 0.589. The SMILES string of the molecule is Oc1ccc(C2Oc3cc(O)cc(O)c3C(=[OH+])C2O)cc1. The third kappa shape index (κ3) is 2.15. The molecule has 108 valence electrons. The van der Waals surface area contributed by atoms with Crippen molar-refractivity contribution in [3.63, 3.8) is 0 Å². The van der Waals surface area contributed by atoms with Crippen LogP contribution < -0.4 is 4.74 Å². The van der Waals surface area contributed by atoms with E-state index in [-0.39, 0.29) is 28.6 Å². The Labute approximate surface area is 119 Å². The Bertz CT molecular complexity index is 707. The first-order valence-electron chi connectivity index (χ1n) is 6.23. The second kappa shape index (κ2) is 4.68. The first-order valence-corrected chi connectivity index (χ1v) is 6.23. The van der Waals surface area contributed by atoms with Gasteiger partial charge in [-0.1, -0.05) is 12.1 Å². The number of phenols is 3. The van der Waals surface area contributed by atoms with Gasteiger partial charge in [0.25, 0.3) is 0 Å². The molecule has 21 heavy (non-hydrogen) atoms. The summed E-state index contributed by atoms with van der Waals surface area (Å²) in [6.45, 7) is 0. The van der Waals surface area contributed by atoms with Crippen LogP contribution >= 0.6 is 0 Å². The number of rotatable bonds is 1. The summed E-state index contributed by atoms with van der Waals surface area (Å²) < 4.78 is 5.57. The molecular formula is C15H13O6+. The molecule has 2 unspecified atom stereocenters. The molecule has 2 aromatic carbocycles. The van der Waals surface area contributed by atoms with Gasteiger partial charge in [-0.3, -0.25) is 4.79 Å². The van der Waals surface area contributed by atoms with Crippen LogP contribution in [0.25, 0.3) is 0 Å². The Morgan fingerprint density at radius 2 is 1.62 bits per heavy atom. The molecule has 0 radical (unpaired) electrons. The smallest absolute Gasteiger partial charge is 0.363 e. The van der Waals surface area contributed by atoms with E-state index >= 15 is 0 Å². The maximum Gasteiger partial charge on any atom is 0.363 e. The lowest BCUT2D eigenvalue weighted by Crippen LogP contribution is -2.36. The van der Waals surface area contributed by atoms with Crippen LogP contribution in [0.1, 0.15) is 17.2 Å². The van der Waals surface area contributed by atoms with Crippen molar-refractivity contribution in [3.05, 3.63) is 47.5 Å². The molecule has 2 atom stereocenters. The number of aliphatic hydroxyl groups excluding tert-OH is 1. The van der Waals surface area contributed by atoms with E-state index in [9.17, 15) is 25.2 Å². The number of ether oxygens (including phenoxy) is 1. The van der Waals surface area contributed by atoms with Crippen LogP contribution in [0.4, 0.5) is 0 Å². The van der Waals surface area contributed by atoms with Crippen molar-refractivity contribution < 1.29 is 30.0 Å². The summed E-state index contributed by atoms with van der Waals surface area (Å²) in [7, 11) is 0. The second-order valence-corrected chi connectivity index (χ2v) is 4.80. The van der Waals surface area contributed by atoms with E-state index in [2.05, 4.69) is 0 Å². The minimum absolute atomic E-state index is 0.0460. The summed E-state index contributed by atoms with van der Waals surface area (Å²) in [5.74, 6) is -0.918. The van der Waals surface area contributed by atoms with Gasteiger partial charge >= 0.3 is 5.78 Å². The van der Waals surface area contributed by atoms with Crippen molar-refractivity contribution in [2.75, 3.05) is 0 Å². The highest BCUT2D eigenvalue weighted by Crippen LogP contribution is 2.41. The molecule has 0 aromatic heterocycles. The minimum Gasteiger partial charge on any atom is -0.508 e. The van der Waals surface area contributed by atoms with Crippen molar-refractivity contribution in [3.8, 4) is 23.0 Å². The summed E-state index contributed by atoms with van der Waals surface area (Å²) in [6.07, 6.45) is -2.29. The molecule has 2 aromatic rings. The monoisotopic (exact) mass is 289 g/mol. The fourth-order valence-corrected chi connectivity index (χ4v) is 2.34. The summed E-state index contributed by atoms with van der Waals surface area (Å²) in [6, 6.07) is 8.24. The van der Waals surface area contributed by atoms with Crippen molar-refractivity contribution >= 4 is 5.78 Å². The van der Waals surface area contributed by atoms with Gasteiger partial charge in [0.05, 0.1) is 0 Å². The molecular weight excluding hydrogens is 276 g/mol. The fraction of sp³-hybridized carbons (Fsp3) is 0.133. The highest BCUT2D eigenvalue weighted by Gasteiger charge is 2.43. The summed E-state index contributed by atoms with van der Waals surface area (Å²) in [5.41, 5.74) is 0.482. The molecule has 6 nitrogen and oxygen atoms in total. The highest BCUT2D eigenvalue weighted by molar-refractivity contribution is 6.06. The normalized spacial score (nSPS) is 20.7. The van der Waals surface area contributed by atoms with E-state index in [0.717, 1.165) is 6.07 Å². The molecule has 1 heterocycles. The van der Waals surface area contributed by atoms with Crippen molar-refractivity contribution in [2.24, 2.45) is 0 Å². The highest BCUT2D eigenvalue weighted by atomic mass is 16.5. The molecule has 0 saturated carbocycles. The van der Waals surface area contributed by atoms with Gasteiger partial charge in [-0.15, -0.1) is 0 Å². The summed E-state index contributed by atoms with van der Waals surface area (Å²) >= 11 is 0. The van der Waals surface area contributed by atoms with Crippen LogP contribution in [-0.2, 0) is 0 Å². The lowest BCUT2D eigenvalue weighted by atomic mass is 9.93. The molecule has 0 fully saturated rings. The number of ketones is 1. The molecule has 3 rings (SSSR count). The van der Waals surface area contributed by atoms with Crippen LogP contribution in [0, 0.1) is 0 Å². The Balaban J connectivity index is 2.07. The van der Waals surface area contributed by atoms with Gasteiger partial charge in [-0.2, -0.15) is 0 Å².